The summed E-state index contributed by atoms with van der Waals surface area (Å²) in [5, 5.41) is 2.67. The molecule has 0 saturated heterocycles. The van der Waals surface area contributed by atoms with Crippen LogP contribution in [-0.2, 0) is 10.0 Å². The second-order valence-corrected chi connectivity index (χ2v) is 7.88. The van der Waals surface area contributed by atoms with Gasteiger partial charge >= 0.3 is 0 Å². The SMILES string of the molecule is O=S(=O)(Nc1ncnc2scc(-c3ccccc3)c12)c1ccccc1. The van der Waals surface area contributed by atoms with Gasteiger partial charge in [-0.1, -0.05) is 48.5 Å². The predicted molar refractivity (Wildman–Crippen MR) is 100 cm³/mol. The Morgan fingerprint density at radius 2 is 1.56 bits per heavy atom. The normalized spacial score (nSPS) is 11.5. The lowest BCUT2D eigenvalue weighted by Crippen LogP contribution is -2.14. The minimum atomic E-state index is -3.72. The molecule has 0 aliphatic rings. The van der Waals surface area contributed by atoms with Crippen LogP contribution in [0, 0.1) is 0 Å². The first-order chi connectivity index (χ1) is 12.1. The molecule has 4 rings (SSSR count). The highest BCUT2D eigenvalue weighted by Gasteiger charge is 2.19. The molecule has 0 unspecified atom stereocenters. The zero-order valence-electron chi connectivity index (χ0n) is 13.0. The topological polar surface area (TPSA) is 72.0 Å². The Balaban J connectivity index is 1.85. The third-order valence-electron chi connectivity index (χ3n) is 3.74. The molecule has 124 valence electrons. The van der Waals surface area contributed by atoms with Crippen molar-refractivity contribution in [2.24, 2.45) is 0 Å². The molecular weight excluding hydrogens is 354 g/mol. The van der Waals surface area contributed by atoms with Crippen molar-refractivity contribution in [3.8, 4) is 11.1 Å². The maximum atomic E-state index is 12.6. The quantitative estimate of drug-likeness (QED) is 0.588. The van der Waals surface area contributed by atoms with Gasteiger partial charge in [-0.05, 0) is 17.7 Å². The van der Waals surface area contributed by atoms with Crippen LogP contribution in [0.4, 0.5) is 5.82 Å². The summed E-state index contributed by atoms with van der Waals surface area (Å²) in [5.41, 5.74) is 1.90. The zero-order valence-corrected chi connectivity index (χ0v) is 14.6. The Bertz CT molecular complexity index is 1120. The van der Waals surface area contributed by atoms with Crippen LogP contribution in [0.5, 0.6) is 0 Å². The van der Waals surface area contributed by atoms with E-state index in [1.54, 1.807) is 30.3 Å². The number of rotatable bonds is 4. The van der Waals surface area contributed by atoms with Gasteiger partial charge in [-0.2, -0.15) is 0 Å². The van der Waals surface area contributed by atoms with E-state index in [2.05, 4.69) is 14.7 Å². The fourth-order valence-electron chi connectivity index (χ4n) is 2.57. The van der Waals surface area contributed by atoms with Gasteiger partial charge in [0.15, 0.2) is 5.82 Å². The first kappa shape index (κ1) is 15.7. The number of fused-ring (bicyclic) bond motifs is 1. The Kier molecular flexibility index (Phi) is 3.95. The molecule has 0 saturated carbocycles. The minimum Gasteiger partial charge on any atom is -0.263 e. The second-order valence-electron chi connectivity index (χ2n) is 5.34. The van der Waals surface area contributed by atoms with Gasteiger partial charge in [0.05, 0.1) is 10.3 Å². The van der Waals surface area contributed by atoms with Gasteiger partial charge in [-0.3, -0.25) is 4.72 Å². The predicted octanol–water partition coefficient (Wildman–Crippen LogP) is 4.16. The lowest BCUT2D eigenvalue weighted by atomic mass is 10.1. The number of thiophene rings is 1. The number of aromatic nitrogens is 2. The van der Waals surface area contributed by atoms with E-state index in [0.29, 0.717) is 5.39 Å². The average Bonchev–Trinajstić information content (AvgIpc) is 3.08. The van der Waals surface area contributed by atoms with Gasteiger partial charge in [-0.15, -0.1) is 11.3 Å². The van der Waals surface area contributed by atoms with Crippen molar-refractivity contribution in [1.82, 2.24) is 9.97 Å². The lowest BCUT2D eigenvalue weighted by molar-refractivity contribution is 0.601. The molecule has 0 atom stereocenters. The van der Waals surface area contributed by atoms with E-state index in [1.165, 1.54) is 17.7 Å². The van der Waals surface area contributed by atoms with E-state index >= 15 is 0 Å². The van der Waals surface area contributed by atoms with Gasteiger partial charge in [-0.25, -0.2) is 18.4 Å². The van der Waals surface area contributed by atoms with Crippen LogP contribution in [0.3, 0.4) is 0 Å². The molecule has 2 aromatic heterocycles. The number of hydrogen-bond donors (Lipinski definition) is 1. The van der Waals surface area contributed by atoms with Gasteiger partial charge in [0.2, 0.25) is 0 Å². The van der Waals surface area contributed by atoms with Crippen molar-refractivity contribution < 1.29 is 8.42 Å². The molecule has 0 spiro atoms. The largest absolute Gasteiger partial charge is 0.263 e. The monoisotopic (exact) mass is 367 g/mol. The Hall–Kier alpha value is -2.77. The van der Waals surface area contributed by atoms with Crippen LogP contribution in [0.2, 0.25) is 0 Å². The van der Waals surface area contributed by atoms with Crippen molar-refractivity contribution in [2.75, 3.05) is 4.72 Å². The summed E-state index contributed by atoms with van der Waals surface area (Å²) in [4.78, 5) is 9.37. The van der Waals surface area contributed by atoms with Crippen molar-refractivity contribution in [3.05, 3.63) is 72.4 Å². The molecule has 5 nitrogen and oxygen atoms in total. The molecule has 7 heteroatoms. The van der Waals surface area contributed by atoms with Gasteiger partial charge in [0, 0.05) is 10.9 Å². The maximum absolute atomic E-state index is 12.6. The van der Waals surface area contributed by atoms with Crippen molar-refractivity contribution in [3.63, 3.8) is 0 Å². The Morgan fingerprint density at radius 1 is 0.880 bits per heavy atom. The summed E-state index contributed by atoms with van der Waals surface area (Å²) in [6, 6.07) is 18.0. The second kappa shape index (κ2) is 6.27. The molecule has 4 aromatic rings. The summed E-state index contributed by atoms with van der Waals surface area (Å²) < 4.78 is 27.9. The van der Waals surface area contributed by atoms with Gasteiger partial charge < -0.3 is 0 Å². The van der Waals surface area contributed by atoms with Crippen LogP contribution in [0.25, 0.3) is 21.3 Å². The van der Waals surface area contributed by atoms with Crippen LogP contribution in [0.15, 0.2) is 77.3 Å². The van der Waals surface area contributed by atoms with E-state index in [1.807, 2.05) is 35.7 Å². The Labute approximate surface area is 149 Å². The van der Waals surface area contributed by atoms with E-state index in [-0.39, 0.29) is 10.7 Å². The number of nitrogens with one attached hydrogen (secondary N) is 1. The van der Waals surface area contributed by atoms with E-state index < -0.39 is 10.0 Å². The Morgan fingerprint density at radius 3 is 2.28 bits per heavy atom. The van der Waals surface area contributed by atoms with Crippen molar-refractivity contribution in [1.29, 1.82) is 0 Å². The van der Waals surface area contributed by atoms with Crippen LogP contribution in [0.1, 0.15) is 0 Å². The fourth-order valence-corrected chi connectivity index (χ4v) is 4.53. The summed E-state index contributed by atoms with van der Waals surface area (Å²) in [7, 11) is -3.72. The van der Waals surface area contributed by atoms with Crippen molar-refractivity contribution >= 4 is 37.4 Å². The standard InChI is InChI=1S/C18H13N3O2S2/c22-25(23,14-9-5-2-6-10-14)21-17-16-15(13-7-3-1-4-8-13)11-24-18(16)20-12-19-17/h1-12H,(H,19,20,21). The molecule has 0 bridgehead atoms. The summed E-state index contributed by atoms with van der Waals surface area (Å²) >= 11 is 1.46. The average molecular weight is 367 g/mol. The zero-order chi connectivity index (χ0) is 17.3. The number of anilines is 1. The van der Waals surface area contributed by atoms with Gasteiger partial charge in [0.1, 0.15) is 11.2 Å². The number of benzene rings is 2. The molecule has 0 aliphatic carbocycles. The molecule has 2 aromatic carbocycles. The van der Waals surface area contributed by atoms with Crippen molar-refractivity contribution in [2.45, 2.75) is 4.90 Å². The molecule has 0 radical (unpaired) electrons. The molecule has 0 fully saturated rings. The third kappa shape index (κ3) is 2.99. The number of nitrogens with zero attached hydrogens (tertiary/aromatic N) is 2. The molecule has 1 N–H and O–H groups in total. The van der Waals surface area contributed by atoms with Crippen LogP contribution < -0.4 is 4.72 Å². The number of sulfonamides is 1. The molecule has 2 heterocycles. The van der Waals surface area contributed by atoms with E-state index in [4.69, 9.17) is 0 Å². The smallest absolute Gasteiger partial charge is 0.263 e. The minimum absolute atomic E-state index is 0.193. The molecule has 0 amide bonds. The highest BCUT2D eigenvalue weighted by molar-refractivity contribution is 7.92. The van der Waals surface area contributed by atoms with Gasteiger partial charge in [0.25, 0.3) is 10.0 Å². The third-order valence-corrected chi connectivity index (χ3v) is 5.98. The van der Waals surface area contributed by atoms with Crippen LogP contribution >= 0.6 is 11.3 Å². The first-order valence-corrected chi connectivity index (χ1v) is 9.87. The first-order valence-electron chi connectivity index (χ1n) is 7.51. The maximum Gasteiger partial charge on any atom is 0.263 e. The highest BCUT2D eigenvalue weighted by Crippen LogP contribution is 2.36. The lowest BCUT2D eigenvalue weighted by Gasteiger charge is -2.09. The molecule has 25 heavy (non-hydrogen) atoms. The van der Waals surface area contributed by atoms with E-state index in [0.717, 1.165) is 16.0 Å². The summed E-state index contributed by atoms with van der Waals surface area (Å²) in [6.07, 6.45) is 1.37. The van der Waals surface area contributed by atoms with Crippen LogP contribution in [-0.4, -0.2) is 18.4 Å². The summed E-state index contributed by atoms with van der Waals surface area (Å²) in [5.74, 6) is 0.286. The molecule has 0 aliphatic heterocycles. The molecular formula is C18H13N3O2S2. The number of hydrogen-bond acceptors (Lipinski definition) is 5. The van der Waals surface area contributed by atoms with E-state index in [9.17, 15) is 8.42 Å². The summed E-state index contributed by atoms with van der Waals surface area (Å²) in [6.45, 7) is 0. The fraction of sp³-hybridized carbons (Fsp3) is 0. The highest BCUT2D eigenvalue weighted by atomic mass is 32.2.